The third kappa shape index (κ3) is 7.51. The van der Waals surface area contributed by atoms with Crippen molar-refractivity contribution < 1.29 is 36.7 Å². The zero-order valence-corrected chi connectivity index (χ0v) is 28.8. The summed E-state index contributed by atoms with van der Waals surface area (Å²) in [7, 11) is -3.36. The summed E-state index contributed by atoms with van der Waals surface area (Å²) in [4.78, 5) is 41.1. The Balaban J connectivity index is 1.14. The summed E-state index contributed by atoms with van der Waals surface area (Å²) in [6.45, 7) is 4.31. The van der Waals surface area contributed by atoms with Crippen LogP contribution in [0.25, 0.3) is 22.0 Å². The monoisotopic (exact) mass is 709 g/mol. The van der Waals surface area contributed by atoms with E-state index in [0.717, 1.165) is 0 Å². The van der Waals surface area contributed by atoms with Crippen LogP contribution < -0.4 is 10.1 Å². The SMILES string of the molecule is CC(=O)c1cn(CC(=O)N2CCC[C@H]2C(=O)Nc2cccc(-c3ccccc3Cl)c2F)c2ccc(OCCS(=O)(=O)CC3(C)COC3)cc12. The van der Waals surface area contributed by atoms with Gasteiger partial charge >= 0.3 is 0 Å². The Bertz CT molecular complexity index is 2040. The zero-order chi connectivity index (χ0) is 34.9. The number of carbonyl (C=O) groups is 3. The first-order valence-electron chi connectivity index (χ1n) is 16.0. The van der Waals surface area contributed by atoms with E-state index < -0.39 is 27.6 Å². The molecule has 6 rings (SSSR count). The van der Waals surface area contributed by atoms with Gasteiger partial charge < -0.3 is 24.3 Å². The molecule has 1 N–H and O–H groups in total. The number of amides is 2. The Labute approximate surface area is 289 Å². The van der Waals surface area contributed by atoms with Crippen molar-refractivity contribution in [2.75, 3.05) is 43.2 Å². The van der Waals surface area contributed by atoms with Gasteiger partial charge in [0, 0.05) is 50.8 Å². The fourth-order valence-corrected chi connectivity index (χ4v) is 8.46. The number of sulfone groups is 1. The number of hydrogen-bond acceptors (Lipinski definition) is 7. The number of nitrogens with zero attached hydrogens (tertiary/aromatic N) is 2. The molecule has 0 unspecified atom stereocenters. The molecule has 0 aliphatic carbocycles. The first kappa shape index (κ1) is 34.6. The predicted molar refractivity (Wildman–Crippen MR) is 185 cm³/mol. The number of carbonyl (C=O) groups excluding carboxylic acids is 3. The van der Waals surface area contributed by atoms with Crippen LogP contribution in [0.1, 0.15) is 37.0 Å². The van der Waals surface area contributed by atoms with Crippen molar-refractivity contribution in [2.45, 2.75) is 39.3 Å². The highest BCUT2D eigenvalue weighted by atomic mass is 35.5. The second-order valence-corrected chi connectivity index (χ2v) is 15.6. The third-order valence-corrected chi connectivity index (χ3v) is 11.2. The minimum absolute atomic E-state index is 0.0120. The fourth-order valence-electron chi connectivity index (χ4n) is 6.51. The van der Waals surface area contributed by atoms with Crippen LogP contribution in [0, 0.1) is 11.2 Å². The average molecular weight is 710 g/mol. The van der Waals surface area contributed by atoms with Crippen molar-refractivity contribution in [3.05, 3.63) is 83.3 Å². The van der Waals surface area contributed by atoms with Gasteiger partial charge in [-0.2, -0.15) is 0 Å². The molecular weight excluding hydrogens is 673 g/mol. The lowest BCUT2D eigenvalue weighted by Crippen LogP contribution is -2.45. The molecule has 2 fully saturated rings. The number of Topliss-reactive ketones (excluding diaryl/α,β-unsaturated/α-hetero) is 1. The van der Waals surface area contributed by atoms with Crippen molar-refractivity contribution in [1.29, 1.82) is 0 Å². The van der Waals surface area contributed by atoms with Crippen molar-refractivity contribution in [1.82, 2.24) is 9.47 Å². The van der Waals surface area contributed by atoms with Crippen LogP contribution in [0.3, 0.4) is 0 Å². The molecule has 3 heterocycles. The fraction of sp³-hybridized carbons (Fsp3) is 0.361. The number of anilines is 1. The number of ether oxygens (including phenoxy) is 2. The van der Waals surface area contributed by atoms with E-state index in [0.29, 0.717) is 65.4 Å². The maximum Gasteiger partial charge on any atom is 0.247 e. The zero-order valence-electron chi connectivity index (χ0n) is 27.2. The minimum atomic E-state index is -3.36. The van der Waals surface area contributed by atoms with Crippen molar-refractivity contribution in [3.63, 3.8) is 0 Å². The summed E-state index contributed by atoms with van der Waals surface area (Å²) in [6, 6.07) is 15.8. The Hall–Kier alpha value is -4.26. The quantitative estimate of drug-likeness (QED) is 0.186. The number of likely N-dealkylation sites (tertiary alicyclic amines) is 1. The van der Waals surface area contributed by atoms with Crippen LogP contribution in [-0.2, 0) is 30.7 Å². The van der Waals surface area contributed by atoms with Crippen molar-refractivity contribution in [3.8, 4) is 16.9 Å². The number of aromatic nitrogens is 1. The Kier molecular flexibility index (Phi) is 9.83. The summed E-state index contributed by atoms with van der Waals surface area (Å²) >= 11 is 6.29. The summed E-state index contributed by atoms with van der Waals surface area (Å²) in [5.74, 6) is -1.40. The predicted octanol–water partition coefficient (Wildman–Crippen LogP) is 5.76. The van der Waals surface area contributed by atoms with E-state index in [2.05, 4.69) is 5.32 Å². The molecule has 0 saturated carbocycles. The molecule has 4 aromatic rings. The van der Waals surface area contributed by atoms with Gasteiger partial charge in [-0.3, -0.25) is 14.4 Å². The van der Waals surface area contributed by atoms with E-state index in [1.807, 2.05) is 6.92 Å². The molecule has 2 saturated heterocycles. The van der Waals surface area contributed by atoms with E-state index in [9.17, 15) is 22.8 Å². The van der Waals surface area contributed by atoms with E-state index in [1.165, 1.54) is 17.9 Å². The molecule has 13 heteroatoms. The van der Waals surface area contributed by atoms with Crippen LogP contribution >= 0.6 is 11.6 Å². The lowest BCUT2D eigenvalue weighted by atomic mass is 9.92. The highest BCUT2D eigenvalue weighted by molar-refractivity contribution is 7.91. The average Bonchev–Trinajstić information content (AvgIpc) is 3.67. The van der Waals surface area contributed by atoms with E-state index in [4.69, 9.17) is 21.1 Å². The number of nitrogens with one attached hydrogen (secondary N) is 1. The molecule has 2 aliphatic heterocycles. The van der Waals surface area contributed by atoms with Gasteiger partial charge in [-0.05, 0) is 50.1 Å². The smallest absolute Gasteiger partial charge is 0.247 e. The molecule has 0 radical (unpaired) electrons. The van der Waals surface area contributed by atoms with Gasteiger partial charge in [-0.25, -0.2) is 12.8 Å². The van der Waals surface area contributed by atoms with Crippen LogP contribution in [-0.4, -0.2) is 79.4 Å². The van der Waals surface area contributed by atoms with Gasteiger partial charge in [0.1, 0.15) is 24.9 Å². The molecular formula is C36H37ClFN3O7S. The second-order valence-electron chi connectivity index (χ2n) is 13.0. The van der Waals surface area contributed by atoms with Gasteiger partial charge in [-0.15, -0.1) is 0 Å². The molecule has 0 spiro atoms. The largest absolute Gasteiger partial charge is 0.493 e. The van der Waals surface area contributed by atoms with Crippen molar-refractivity contribution in [2.24, 2.45) is 5.41 Å². The summed E-state index contributed by atoms with van der Waals surface area (Å²) in [6.07, 6.45) is 2.61. The first-order valence-corrected chi connectivity index (χ1v) is 18.2. The summed E-state index contributed by atoms with van der Waals surface area (Å²) < 4.78 is 53.3. The summed E-state index contributed by atoms with van der Waals surface area (Å²) in [5.41, 5.74) is 1.35. The van der Waals surface area contributed by atoms with Gasteiger partial charge in [-0.1, -0.05) is 48.9 Å². The molecule has 10 nitrogen and oxygen atoms in total. The number of ketones is 1. The number of fused-ring (bicyclic) bond motifs is 1. The molecule has 258 valence electrons. The maximum atomic E-state index is 15.5. The molecule has 2 aliphatic rings. The molecule has 49 heavy (non-hydrogen) atoms. The van der Waals surface area contributed by atoms with Gasteiger partial charge in [0.05, 0.1) is 30.4 Å². The Morgan fingerprint density at radius 2 is 1.84 bits per heavy atom. The molecule has 0 bridgehead atoms. The Morgan fingerprint density at radius 1 is 1.08 bits per heavy atom. The topological polar surface area (TPSA) is 124 Å². The van der Waals surface area contributed by atoms with Crippen LogP contribution in [0.5, 0.6) is 5.75 Å². The number of rotatable bonds is 12. The maximum absolute atomic E-state index is 15.5. The molecule has 1 atom stereocenters. The van der Waals surface area contributed by atoms with E-state index >= 15 is 4.39 Å². The molecule has 2 amide bonds. The third-order valence-electron chi connectivity index (χ3n) is 8.97. The second kappa shape index (κ2) is 13.9. The standard InChI is InChI=1S/C36H37ClFN3O7S/c1-23(42)28-18-40(31-13-12-24(17-27(28)31)48-15-16-49(45,46)22-36(2)20-47-21-36)19-33(43)41-14-6-11-32(41)35(44)39-30-10-5-8-26(34(30)38)25-7-3-4-9-29(25)37/h3-5,7-10,12-13,17-18,32H,6,11,14-16,19-22H2,1-2H3,(H,39,44)/t32-/m0/s1. The van der Waals surface area contributed by atoms with Crippen LogP contribution in [0.4, 0.5) is 10.1 Å². The lowest BCUT2D eigenvalue weighted by Gasteiger charge is -2.37. The van der Waals surface area contributed by atoms with Crippen molar-refractivity contribution >= 4 is 55.6 Å². The van der Waals surface area contributed by atoms with E-state index in [-0.39, 0.29) is 53.0 Å². The highest BCUT2D eigenvalue weighted by Crippen LogP contribution is 2.34. The number of halogens is 2. The first-order chi connectivity index (χ1) is 23.3. The van der Waals surface area contributed by atoms with Gasteiger partial charge in [0.25, 0.3) is 0 Å². The normalized spacial score (nSPS) is 17.1. The van der Waals surface area contributed by atoms with Gasteiger partial charge in [0.2, 0.25) is 11.8 Å². The van der Waals surface area contributed by atoms with Gasteiger partial charge in [0.15, 0.2) is 21.4 Å². The molecule has 1 aromatic heterocycles. The number of benzene rings is 3. The minimum Gasteiger partial charge on any atom is -0.493 e. The number of hydrogen-bond donors (Lipinski definition) is 1. The summed E-state index contributed by atoms with van der Waals surface area (Å²) in [5, 5.41) is 3.61. The van der Waals surface area contributed by atoms with Crippen LogP contribution in [0.15, 0.2) is 66.9 Å². The Morgan fingerprint density at radius 3 is 2.55 bits per heavy atom. The highest BCUT2D eigenvalue weighted by Gasteiger charge is 2.38. The molecule has 3 aromatic carbocycles. The van der Waals surface area contributed by atoms with Crippen LogP contribution in [0.2, 0.25) is 5.02 Å². The van der Waals surface area contributed by atoms with E-state index in [1.54, 1.807) is 65.4 Å². The lowest BCUT2D eigenvalue weighted by molar-refractivity contribution is -0.137.